The number of carbonyl (C=O) groups is 2. The van der Waals surface area contributed by atoms with Crippen LogP contribution in [0.15, 0.2) is 42.6 Å². The van der Waals surface area contributed by atoms with Crippen LogP contribution in [0.1, 0.15) is 46.0 Å². The van der Waals surface area contributed by atoms with E-state index in [0.717, 1.165) is 65.5 Å². The van der Waals surface area contributed by atoms with Crippen molar-refractivity contribution >= 4 is 29.2 Å². The molecule has 0 aliphatic carbocycles. The Bertz CT molecular complexity index is 1360. The van der Waals surface area contributed by atoms with Crippen molar-refractivity contribution in [1.82, 2.24) is 25.1 Å². The van der Waals surface area contributed by atoms with Gasteiger partial charge in [-0.2, -0.15) is 5.10 Å². The van der Waals surface area contributed by atoms with Gasteiger partial charge in [0.15, 0.2) is 0 Å². The summed E-state index contributed by atoms with van der Waals surface area (Å²) >= 11 is 0. The van der Waals surface area contributed by atoms with Crippen LogP contribution in [0.3, 0.4) is 0 Å². The van der Waals surface area contributed by atoms with Crippen molar-refractivity contribution in [3.8, 4) is 0 Å². The molecular weight excluding hydrogens is 494 g/mol. The fourth-order valence-corrected chi connectivity index (χ4v) is 5.17. The molecule has 2 aliphatic rings. The second-order valence-corrected chi connectivity index (χ2v) is 10.3. The molecule has 2 aromatic carbocycles. The molecule has 3 aromatic rings. The van der Waals surface area contributed by atoms with E-state index in [9.17, 15) is 9.59 Å². The smallest absolute Gasteiger partial charge is 0.351 e. The van der Waals surface area contributed by atoms with Crippen molar-refractivity contribution in [1.29, 1.82) is 0 Å². The summed E-state index contributed by atoms with van der Waals surface area (Å²) in [7, 11) is 1.89. The number of aryl methyl sites for hydroxylation is 3. The van der Waals surface area contributed by atoms with Crippen molar-refractivity contribution in [2.24, 2.45) is 7.05 Å². The van der Waals surface area contributed by atoms with E-state index < -0.39 is 6.09 Å². The molecule has 0 unspecified atom stereocenters. The van der Waals surface area contributed by atoms with Gasteiger partial charge in [-0.1, -0.05) is 19.1 Å². The molecule has 2 aliphatic heterocycles. The lowest BCUT2D eigenvalue weighted by Crippen LogP contribution is -2.48. The van der Waals surface area contributed by atoms with Gasteiger partial charge < -0.3 is 25.3 Å². The van der Waals surface area contributed by atoms with Gasteiger partial charge in [0.25, 0.3) is 5.91 Å². The number of rotatable bonds is 6. The highest BCUT2D eigenvalue weighted by molar-refractivity contribution is 6.08. The van der Waals surface area contributed by atoms with E-state index in [2.05, 4.69) is 27.6 Å². The second-order valence-electron chi connectivity index (χ2n) is 10.3. The summed E-state index contributed by atoms with van der Waals surface area (Å²) in [5, 5.41) is 12.4. The molecule has 2 N–H and O–H groups in total. The van der Waals surface area contributed by atoms with Crippen molar-refractivity contribution in [2.75, 3.05) is 42.9 Å². The van der Waals surface area contributed by atoms with Gasteiger partial charge in [-0.15, -0.1) is 5.06 Å². The molecule has 0 atom stereocenters. The Morgan fingerprint density at radius 1 is 1.08 bits per heavy atom. The van der Waals surface area contributed by atoms with Crippen LogP contribution >= 0.6 is 0 Å². The number of hydroxylamine groups is 2. The van der Waals surface area contributed by atoms with Crippen LogP contribution in [0.2, 0.25) is 0 Å². The Balaban J connectivity index is 1.25. The predicted molar refractivity (Wildman–Crippen MR) is 151 cm³/mol. The number of fused-ring (bicyclic) bond motifs is 2. The number of nitrogens with zero attached hydrogens (tertiary/aromatic N) is 5. The van der Waals surface area contributed by atoms with Gasteiger partial charge in [-0.05, 0) is 67.8 Å². The summed E-state index contributed by atoms with van der Waals surface area (Å²) in [6.45, 7) is 11.2. The number of nitrogens with one attached hydrogen (secondary N) is 2. The Kier molecular flexibility index (Phi) is 7.85. The number of hydrogen-bond donors (Lipinski definition) is 2. The number of benzene rings is 2. The molecule has 0 radical (unpaired) electrons. The van der Waals surface area contributed by atoms with E-state index in [1.807, 2.05) is 57.3 Å². The van der Waals surface area contributed by atoms with Gasteiger partial charge in [-0.3, -0.25) is 9.48 Å². The van der Waals surface area contributed by atoms with Crippen LogP contribution in [0.4, 0.5) is 22.0 Å². The van der Waals surface area contributed by atoms with E-state index >= 15 is 0 Å². The van der Waals surface area contributed by atoms with E-state index in [1.165, 1.54) is 0 Å². The average Bonchev–Trinajstić information content (AvgIpc) is 3.17. The van der Waals surface area contributed by atoms with Gasteiger partial charge in [0.1, 0.15) is 5.82 Å². The van der Waals surface area contributed by atoms with Gasteiger partial charge in [0.2, 0.25) is 0 Å². The molecule has 1 fully saturated rings. The summed E-state index contributed by atoms with van der Waals surface area (Å²) in [5.74, 6) is 0.785. The van der Waals surface area contributed by atoms with Crippen LogP contribution in [0.5, 0.6) is 0 Å². The summed E-state index contributed by atoms with van der Waals surface area (Å²) in [6.07, 6.45) is 2.46. The third-order valence-corrected chi connectivity index (χ3v) is 7.38. The fourth-order valence-electron chi connectivity index (χ4n) is 5.17. The first-order valence-corrected chi connectivity index (χ1v) is 13.6. The first-order chi connectivity index (χ1) is 18.8. The maximum absolute atomic E-state index is 13.8. The third-order valence-electron chi connectivity index (χ3n) is 7.38. The summed E-state index contributed by atoms with van der Waals surface area (Å²) in [5.41, 5.74) is 6.18. The molecule has 2 amide bonds. The molecule has 0 bridgehead atoms. The SMILES string of the molecule is CCCN1CCN(OC(=O)NCc2ccc(C(=O)N3Cc4cnn(C)c4Nc4cc(C)ccc43)cc2C)CC1. The monoisotopic (exact) mass is 531 g/mol. The molecule has 10 heteroatoms. The molecule has 0 saturated carbocycles. The minimum atomic E-state index is -0.463. The van der Waals surface area contributed by atoms with Gasteiger partial charge in [0, 0.05) is 50.9 Å². The molecule has 10 nitrogen and oxygen atoms in total. The lowest BCUT2D eigenvalue weighted by atomic mass is 10.0. The minimum absolute atomic E-state index is 0.0946. The fraction of sp³-hybridized carbons (Fsp3) is 0.414. The molecular formula is C29H37N7O3. The number of piperazine rings is 1. The standard InChI is InChI=1S/C29H37N7O3/c1-5-10-34-11-13-35(14-12-34)39-29(38)30-17-23-8-7-22(16-21(23)3)28(37)36-19-24-18-31-33(4)27(24)32-25-15-20(2)6-9-26(25)36/h6-9,15-16,18,32H,5,10-14,17,19H2,1-4H3,(H,30,38). The zero-order valence-electron chi connectivity index (χ0n) is 23.2. The Labute approximate surface area is 229 Å². The maximum atomic E-state index is 13.8. The van der Waals surface area contributed by atoms with Crippen molar-refractivity contribution in [3.63, 3.8) is 0 Å². The van der Waals surface area contributed by atoms with Gasteiger partial charge in [-0.25, -0.2) is 4.79 Å². The Morgan fingerprint density at radius 3 is 2.62 bits per heavy atom. The molecule has 5 rings (SSSR count). The van der Waals surface area contributed by atoms with E-state index in [4.69, 9.17) is 4.84 Å². The van der Waals surface area contributed by atoms with Crippen LogP contribution < -0.4 is 15.5 Å². The van der Waals surface area contributed by atoms with Crippen LogP contribution in [-0.2, 0) is 25.0 Å². The van der Waals surface area contributed by atoms with Crippen LogP contribution in [-0.4, -0.2) is 64.5 Å². The van der Waals surface area contributed by atoms with Gasteiger partial charge >= 0.3 is 6.09 Å². The summed E-state index contributed by atoms with van der Waals surface area (Å²) in [4.78, 5) is 35.9. The molecule has 3 heterocycles. The first kappa shape index (κ1) is 26.7. The molecule has 0 spiro atoms. The topological polar surface area (TPSA) is 95.0 Å². The summed E-state index contributed by atoms with van der Waals surface area (Å²) < 4.78 is 1.79. The quantitative estimate of drug-likeness (QED) is 0.494. The van der Waals surface area contributed by atoms with Crippen molar-refractivity contribution < 1.29 is 14.4 Å². The van der Waals surface area contributed by atoms with Crippen LogP contribution in [0.25, 0.3) is 0 Å². The zero-order valence-corrected chi connectivity index (χ0v) is 23.2. The number of hydrogen-bond acceptors (Lipinski definition) is 7. The highest BCUT2D eigenvalue weighted by Gasteiger charge is 2.27. The summed E-state index contributed by atoms with van der Waals surface area (Å²) in [6, 6.07) is 11.6. The number of anilines is 3. The minimum Gasteiger partial charge on any atom is -0.351 e. The molecule has 206 valence electrons. The highest BCUT2D eigenvalue weighted by Crippen LogP contribution is 2.37. The Morgan fingerprint density at radius 2 is 1.87 bits per heavy atom. The number of aromatic nitrogens is 2. The maximum Gasteiger partial charge on any atom is 0.426 e. The molecule has 1 saturated heterocycles. The van der Waals surface area contributed by atoms with E-state index in [0.29, 0.717) is 31.7 Å². The molecule has 1 aromatic heterocycles. The number of amides is 2. The normalized spacial score (nSPS) is 15.6. The van der Waals surface area contributed by atoms with E-state index in [1.54, 1.807) is 20.8 Å². The zero-order chi connectivity index (χ0) is 27.5. The van der Waals surface area contributed by atoms with Crippen molar-refractivity contribution in [3.05, 3.63) is 70.4 Å². The lowest BCUT2D eigenvalue weighted by Gasteiger charge is -2.32. The average molecular weight is 532 g/mol. The largest absolute Gasteiger partial charge is 0.426 e. The number of carbonyl (C=O) groups excluding carboxylic acids is 2. The highest BCUT2D eigenvalue weighted by atomic mass is 16.7. The predicted octanol–water partition coefficient (Wildman–Crippen LogP) is 4.11. The lowest BCUT2D eigenvalue weighted by molar-refractivity contribution is -0.123. The van der Waals surface area contributed by atoms with Crippen LogP contribution in [0, 0.1) is 13.8 Å². The van der Waals surface area contributed by atoms with E-state index in [-0.39, 0.29) is 5.91 Å². The first-order valence-electron chi connectivity index (χ1n) is 13.6. The second kappa shape index (κ2) is 11.5. The third kappa shape index (κ3) is 5.91. The van der Waals surface area contributed by atoms with Crippen molar-refractivity contribution in [2.45, 2.75) is 40.3 Å². The molecule has 39 heavy (non-hydrogen) atoms. The Hall–Kier alpha value is -3.89. The van der Waals surface area contributed by atoms with Gasteiger partial charge in [0.05, 0.1) is 24.1 Å².